The van der Waals surface area contributed by atoms with Gasteiger partial charge in [0.2, 0.25) is 5.39 Å². The Hall–Kier alpha value is -1.36. The zero-order chi connectivity index (χ0) is 19.0. The van der Waals surface area contributed by atoms with Crippen molar-refractivity contribution < 1.29 is 0 Å². The standard InChI is InChI=1S/C24H41N2/c1-4-5-6-7-8-9-10-11-12-13-14-15-16-17-18-23-19-21(2)24(26-25)22(3)20-23/h19-20H,4-18H2,1-3H3/q+1. The van der Waals surface area contributed by atoms with Crippen LogP contribution in [-0.2, 0) is 6.42 Å². The highest BCUT2D eigenvalue weighted by Gasteiger charge is 2.15. The number of hydrogen-bond donors (Lipinski definition) is 0. The minimum atomic E-state index is 0.731. The lowest BCUT2D eigenvalue weighted by atomic mass is 9.99. The Balaban J connectivity index is 1.95. The third-order valence-corrected chi connectivity index (χ3v) is 5.47. The molecule has 0 unspecified atom stereocenters. The van der Waals surface area contributed by atoms with Gasteiger partial charge in [-0.25, -0.2) is 0 Å². The molecular formula is C24H41N2+. The number of benzene rings is 1. The summed E-state index contributed by atoms with van der Waals surface area (Å²) in [6.45, 7) is 6.33. The predicted molar refractivity (Wildman–Crippen MR) is 115 cm³/mol. The molecule has 0 aromatic heterocycles. The lowest BCUT2D eigenvalue weighted by Crippen LogP contribution is -1.90. The predicted octanol–water partition coefficient (Wildman–Crippen LogP) is 8.81. The van der Waals surface area contributed by atoms with Gasteiger partial charge in [-0.3, -0.25) is 0 Å². The summed E-state index contributed by atoms with van der Waals surface area (Å²) in [5.74, 6) is 0. The molecule has 1 aromatic carbocycles. The smallest absolute Gasteiger partial charge is 0.0654 e. The fourth-order valence-electron chi connectivity index (χ4n) is 3.87. The van der Waals surface area contributed by atoms with E-state index in [0.717, 1.165) is 23.2 Å². The summed E-state index contributed by atoms with van der Waals surface area (Å²) in [6, 6.07) is 4.34. The van der Waals surface area contributed by atoms with Crippen LogP contribution in [0.15, 0.2) is 12.1 Å². The summed E-state index contributed by atoms with van der Waals surface area (Å²) < 4.78 is 0. The van der Waals surface area contributed by atoms with Crippen molar-refractivity contribution in [1.82, 2.24) is 0 Å². The molecule has 146 valence electrons. The molecule has 0 heterocycles. The monoisotopic (exact) mass is 357 g/mol. The average molecular weight is 358 g/mol. The second-order valence-corrected chi connectivity index (χ2v) is 8.02. The first-order chi connectivity index (χ1) is 12.7. The van der Waals surface area contributed by atoms with Gasteiger partial charge in [-0.1, -0.05) is 90.4 Å². The van der Waals surface area contributed by atoms with Gasteiger partial charge in [-0.15, -0.1) is 0 Å². The topological polar surface area (TPSA) is 28.1 Å². The van der Waals surface area contributed by atoms with Crippen molar-refractivity contribution in [1.29, 1.82) is 5.39 Å². The molecule has 0 N–H and O–H groups in total. The van der Waals surface area contributed by atoms with Gasteiger partial charge in [0.05, 0.1) is 0 Å². The number of aryl methyl sites for hydroxylation is 3. The Kier molecular flexibility index (Phi) is 12.9. The van der Waals surface area contributed by atoms with Gasteiger partial charge < -0.3 is 0 Å². The summed E-state index contributed by atoms with van der Waals surface area (Å²) >= 11 is 0. The van der Waals surface area contributed by atoms with E-state index in [1.54, 1.807) is 0 Å². The molecule has 0 amide bonds. The number of unbranched alkanes of at least 4 members (excludes halogenated alkanes) is 13. The van der Waals surface area contributed by atoms with Crippen LogP contribution in [0.2, 0.25) is 0 Å². The first-order valence-corrected chi connectivity index (χ1v) is 11.1. The molecule has 1 aromatic rings. The SMILES string of the molecule is CCCCCCCCCCCCCCCCc1cc(C)c([N+]#N)c(C)c1. The van der Waals surface area contributed by atoms with E-state index in [2.05, 4.69) is 24.0 Å². The van der Waals surface area contributed by atoms with E-state index in [4.69, 9.17) is 5.39 Å². The van der Waals surface area contributed by atoms with E-state index in [1.807, 2.05) is 13.8 Å². The van der Waals surface area contributed by atoms with Crippen molar-refractivity contribution >= 4 is 5.69 Å². The van der Waals surface area contributed by atoms with Crippen molar-refractivity contribution in [3.8, 4) is 0 Å². The molecule has 0 spiro atoms. The van der Waals surface area contributed by atoms with Crippen LogP contribution in [0.3, 0.4) is 0 Å². The molecule has 0 radical (unpaired) electrons. The Bertz CT molecular complexity index is 504. The second kappa shape index (κ2) is 14.8. The minimum absolute atomic E-state index is 0.731. The van der Waals surface area contributed by atoms with Crippen molar-refractivity contribution in [2.24, 2.45) is 0 Å². The Morgan fingerprint density at radius 3 is 1.42 bits per heavy atom. The van der Waals surface area contributed by atoms with Gasteiger partial charge in [-0.2, -0.15) is 0 Å². The quantitative estimate of drug-likeness (QED) is 0.227. The number of diazo groups is 1. The maximum atomic E-state index is 9.02. The fraction of sp³-hybridized carbons (Fsp3) is 0.750. The maximum absolute atomic E-state index is 9.02. The van der Waals surface area contributed by atoms with Gasteiger partial charge in [0.15, 0.2) is 4.98 Å². The zero-order valence-corrected chi connectivity index (χ0v) is 17.7. The summed E-state index contributed by atoms with van der Waals surface area (Å²) in [6.07, 6.45) is 20.8. The maximum Gasteiger partial charge on any atom is 0.390 e. The van der Waals surface area contributed by atoms with Crippen LogP contribution < -0.4 is 0 Å². The van der Waals surface area contributed by atoms with Crippen LogP contribution in [0.25, 0.3) is 4.98 Å². The van der Waals surface area contributed by atoms with Crippen LogP contribution in [0.1, 0.15) is 114 Å². The van der Waals surface area contributed by atoms with Gasteiger partial charge >= 0.3 is 5.69 Å². The van der Waals surface area contributed by atoms with E-state index in [9.17, 15) is 0 Å². The lowest BCUT2D eigenvalue weighted by Gasteiger charge is -2.05. The highest BCUT2D eigenvalue weighted by atomic mass is 14.9. The first-order valence-electron chi connectivity index (χ1n) is 11.1. The molecule has 0 saturated carbocycles. The molecule has 0 aliphatic rings. The fourth-order valence-corrected chi connectivity index (χ4v) is 3.87. The van der Waals surface area contributed by atoms with E-state index in [0.29, 0.717) is 0 Å². The number of hydrogen-bond acceptors (Lipinski definition) is 1. The van der Waals surface area contributed by atoms with Crippen LogP contribution >= 0.6 is 0 Å². The molecule has 2 nitrogen and oxygen atoms in total. The van der Waals surface area contributed by atoms with Gasteiger partial charge in [0, 0.05) is 11.1 Å². The van der Waals surface area contributed by atoms with E-state index in [1.165, 1.54) is 95.5 Å². The average Bonchev–Trinajstić information content (AvgIpc) is 2.62. The third-order valence-electron chi connectivity index (χ3n) is 5.47. The van der Waals surface area contributed by atoms with Crippen LogP contribution in [0, 0.1) is 19.2 Å². The molecule has 0 fully saturated rings. The van der Waals surface area contributed by atoms with Crippen LogP contribution in [0.4, 0.5) is 5.69 Å². The highest BCUT2D eigenvalue weighted by Crippen LogP contribution is 2.26. The van der Waals surface area contributed by atoms with Crippen LogP contribution in [0.5, 0.6) is 0 Å². The molecule has 0 saturated heterocycles. The molecule has 0 bridgehead atoms. The summed E-state index contributed by atoms with van der Waals surface area (Å²) in [4.78, 5) is 3.38. The van der Waals surface area contributed by atoms with Crippen molar-refractivity contribution in [2.75, 3.05) is 0 Å². The lowest BCUT2D eigenvalue weighted by molar-refractivity contribution is 0.535. The normalized spacial score (nSPS) is 10.8. The number of nitrogens with zero attached hydrogens (tertiary/aromatic N) is 2. The highest BCUT2D eigenvalue weighted by molar-refractivity contribution is 5.58. The van der Waals surface area contributed by atoms with E-state index >= 15 is 0 Å². The van der Waals surface area contributed by atoms with E-state index < -0.39 is 0 Å². The third kappa shape index (κ3) is 9.95. The Morgan fingerprint density at radius 2 is 1.04 bits per heavy atom. The molecule has 1 rings (SSSR count). The van der Waals surface area contributed by atoms with Crippen molar-refractivity contribution in [3.63, 3.8) is 0 Å². The molecule has 0 atom stereocenters. The largest absolute Gasteiger partial charge is 0.390 e. The molecule has 26 heavy (non-hydrogen) atoms. The van der Waals surface area contributed by atoms with Crippen LogP contribution in [-0.4, -0.2) is 0 Å². The molecule has 2 heteroatoms. The van der Waals surface area contributed by atoms with Gasteiger partial charge in [0.25, 0.3) is 0 Å². The summed E-state index contributed by atoms with van der Waals surface area (Å²) in [5.41, 5.74) is 4.27. The Morgan fingerprint density at radius 1 is 0.654 bits per heavy atom. The first kappa shape index (κ1) is 22.7. The van der Waals surface area contributed by atoms with Crippen molar-refractivity contribution in [3.05, 3.63) is 33.8 Å². The zero-order valence-electron chi connectivity index (χ0n) is 17.7. The molecule has 0 aliphatic heterocycles. The van der Waals surface area contributed by atoms with Gasteiger partial charge in [-0.05, 0) is 44.4 Å². The second-order valence-electron chi connectivity index (χ2n) is 8.02. The molecule has 0 aliphatic carbocycles. The van der Waals surface area contributed by atoms with Gasteiger partial charge in [0.1, 0.15) is 0 Å². The minimum Gasteiger partial charge on any atom is -0.0654 e. The summed E-state index contributed by atoms with van der Waals surface area (Å²) in [5, 5.41) is 9.02. The Labute approximate surface area is 162 Å². The van der Waals surface area contributed by atoms with Crippen molar-refractivity contribution in [2.45, 2.75) is 117 Å². The summed E-state index contributed by atoms with van der Waals surface area (Å²) in [7, 11) is 0. The van der Waals surface area contributed by atoms with E-state index in [-0.39, 0.29) is 0 Å². The molecular weight excluding hydrogens is 316 g/mol. The number of rotatable bonds is 15.